The first-order valence-electron chi connectivity index (χ1n) is 9.33. The molecular weight excluding hydrogens is 376 g/mol. The fourth-order valence-corrected chi connectivity index (χ4v) is 2.91. The lowest BCUT2D eigenvalue weighted by Crippen LogP contribution is -2.44. The van der Waals surface area contributed by atoms with E-state index in [9.17, 15) is 14.9 Å². The molecule has 2 N–H and O–H groups in total. The van der Waals surface area contributed by atoms with Crippen LogP contribution in [0.4, 0.5) is 10.5 Å². The lowest BCUT2D eigenvalue weighted by atomic mass is 10.1. The number of anilines is 1. The normalized spacial score (nSPS) is 14.6. The molecule has 0 unspecified atom stereocenters. The highest BCUT2D eigenvalue weighted by molar-refractivity contribution is 6.06. The molecule has 0 spiro atoms. The van der Waals surface area contributed by atoms with Crippen molar-refractivity contribution in [3.63, 3.8) is 0 Å². The van der Waals surface area contributed by atoms with Crippen molar-refractivity contribution in [3.05, 3.63) is 30.0 Å². The largest absolute Gasteiger partial charge is 0.493 e. The standard InChI is InChI=1S/C20H26N4O5/c1-4-29-20(26)24-9-7-15(8-10-24)22-13-14(12-21)19(25)23-16-5-6-17(27-2)18(11-16)28-3/h5-6,11,13,15,22H,4,7-10H2,1-3H3,(H,23,25)/b14-13-. The van der Waals surface area contributed by atoms with E-state index in [-0.39, 0.29) is 17.7 Å². The quantitative estimate of drug-likeness (QED) is 0.531. The van der Waals surface area contributed by atoms with Crippen molar-refractivity contribution in [2.75, 3.05) is 39.2 Å². The number of nitriles is 1. The molecule has 0 aliphatic carbocycles. The summed E-state index contributed by atoms with van der Waals surface area (Å²) in [5, 5.41) is 15.1. The van der Waals surface area contributed by atoms with Gasteiger partial charge in [0.15, 0.2) is 11.5 Å². The molecule has 0 radical (unpaired) electrons. The highest BCUT2D eigenvalue weighted by atomic mass is 16.6. The minimum absolute atomic E-state index is 0.0485. The van der Waals surface area contributed by atoms with Crippen LogP contribution >= 0.6 is 0 Å². The van der Waals surface area contributed by atoms with Gasteiger partial charge in [0.05, 0.1) is 20.8 Å². The zero-order valence-electron chi connectivity index (χ0n) is 16.9. The molecule has 0 atom stereocenters. The van der Waals surface area contributed by atoms with Crippen molar-refractivity contribution in [2.24, 2.45) is 0 Å². The number of methoxy groups -OCH3 is 2. The van der Waals surface area contributed by atoms with Crippen LogP contribution in [0.5, 0.6) is 11.5 Å². The first kappa shape index (κ1) is 21.9. The molecule has 0 saturated carbocycles. The Morgan fingerprint density at radius 1 is 1.24 bits per heavy atom. The molecule has 9 heteroatoms. The fraction of sp³-hybridized carbons (Fsp3) is 0.450. The Hall–Kier alpha value is -3.41. The summed E-state index contributed by atoms with van der Waals surface area (Å²) in [6.07, 6.45) is 2.51. The van der Waals surface area contributed by atoms with Gasteiger partial charge in [-0.05, 0) is 31.9 Å². The number of nitrogens with one attached hydrogen (secondary N) is 2. The average Bonchev–Trinajstić information content (AvgIpc) is 2.74. The third-order valence-electron chi connectivity index (χ3n) is 4.49. The molecule has 0 bridgehead atoms. The maximum Gasteiger partial charge on any atom is 0.409 e. The third kappa shape index (κ3) is 6.04. The summed E-state index contributed by atoms with van der Waals surface area (Å²) in [6, 6.07) is 6.91. The van der Waals surface area contributed by atoms with E-state index in [1.165, 1.54) is 20.4 Å². The van der Waals surface area contributed by atoms with Gasteiger partial charge in [-0.15, -0.1) is 0 Å². The molecule has 1 fully saturated rings. The third-order valence-corrected chi connectivity index (χ3v) is 4.49. The van der Waals surface area contributed by atoms with Crippen LogP contribution in [0.25, 0.3) is 0 Å². The number of ether oxygens (including phenoxy) is 3. The van der Waals surface area contributed by atoms with E-state index < -0.39 is 5.91 Å². The summed E-state index contributed by atoms with van der Waals surface area (Å²) >= 11 is 0. The number of rotatable bonds is 7. The number of amides is 2. The summed E-state index contributed by atoms with van der Waals surface area (Å²) in [4.78, 5) is 25.8. The van der Waals surface area contributed by atoms with Crippen molar-refractivity contribution in [2.45, 2.75) is 25.8 Å². The maximum absolute atomic E-state index is 12.4. The van der Waals surface area contributed by atoms with Crippen LogP contribution in [-0.4, -0.2) is 56.9 Å². The van der Waals surface area contributed by atoms with Gasteiger partial charge in [-0.25, -0.2) is 4.79 Å². The van der Waals surface area contributed by atoms with E-state index in [1.807, 2.05) is 6.07 Å². The molecule has 2 amide bonds. The number of benzene rings is 1. The Labute approximate surface area is 170 Å². The van der Waals surface area contributed by atoms with Crippen molar-refractivity contribution >= 4 is 17.7 Å². The second kappa shape index (κ2) is 10.8. The maximum atomic E-state index is 12.4. The number of nitrogens with zero attached hydrogens (tertiary/aromatic N) is 2. The molecule has 156 valence electrons. The molecule has 2 rings (SSSR count). The zero-order valence-corrected chi connectivity index (χ0v) is 16.9. The van der Waals surface area contributed by atoms with E-state index in [0.29, 0.717) is 49.7 Å². The van der Waals surface area contributed by atoms with Gasteiger partial charge < -0.3 is 29.7 Å². The first-order valence-corrected chi connectivity index (χ1v) is 9.33. The molecule has 1 saturated heterocycles. The number of hydrogen-bond donors (Lipinski definition) is 2. The number of hydrogen-bond acceptors (Lipinski definition) is 7. The SMILES string of the molecule is CCOC(=O)N1CCC(N/C=C(/C#N)C(=O)Nc2ccc(OC)c(OC)c2)CC1. The van der Waals surface area contributed by atoms with Crippen LogP contribution in [0.3, 0.4) is 0 Å². The smallest absolute Gasteiger partial charge is 0.409 e. The van der Waals surface area contributed by atoms with Gasteiger partial charge in [0.2, 0.25) is 0 Å². The van der Waals surface area contributed by atoms with E-state index in [1.54, 1.807) is 30.0 Å². The lowest BCUT2D eigenvalue weighted by molar-refractivity contribution is -0.112. The Bertz CT molecular complexity index is 795. The number of likely N-dealkylation sites (tertiary alicyclic amines) is 1. The zero-order chi connectivity index (χ0) is 21.2. The topological polar surface area (TPSA) is 113 Å². The number of carbonyl (C=O) groups excluding carboxylic acids is 2. The molecule has 0 aromatic heterocycles. The summed E-state index contributed by atoms with van der Waals surface area (Å²) in [7, 11) is 3.02. The minimum Gasteiger partial charge on any atom is -0.493 e. The van der Waals surface area contributed by atoms with Crippen molar-refractivity contribution in [1.29, 1.82) is 5.26 Å². The van der Waals surface area contributed by atoms with Gasteiger partial charge in [-0.2, -0.15) is 5.26 Å². The monoisotopic (exact) mass is 402 g/mol. The predicted molar refractivity (Wildman–Crippen MR) is 107 cm³/mol. The molecule has 29 heavy (non-hydrogen) atoms. The summed E-state index contributed by atoms with van der Waals surface area (Å²) in [6.45, 7) is 3.24. The van der Waals surface area contributed by atoms with Crippen molar-refractivity contribution in [1.82, 2.24) is 10.2 Å². The van der Waals surface area contributed by atoms with E-state index in [2.05, 4.69) is 10.6 Å². The predicted octanol–water partition coefficient (Wildman–Crippen LogP) is 2.26. The van der Waals surface area contributed by atoms with Crippen molar-refractivity contribution in [3.8, 4) is 17.6 Å². The second-order valence-corrected chi connectivity index (χ2v) is 6.32. The van der Waals surface area contributed by atoms with Crippen molar-refractivity contribution < 1.29 is 23.8 Å². The average molecular weight is 402 g/mol. The Kier molecular flexibility index (Phi) is 8.15. The van der Waals surface area contributed by atoms with Crippen LogP contribution < -0.4 is 20.1 Å². The van der Waals surface area contributed by atoms with Gasteiger partial charge in [-0.3, -0.25) is 4.79 Å². The van der Waals surface area contributed by atoms with E-state index >= 15 is 0 Å². The van der Waals surface area contributed by atoms with Crippen LogP contribution in [0.2, 0.25) is 0 Å². The van der Waals surface area contributed by atoms with Gasteiger partial charge in [0.25, 0.3) is 5.91 Å². The Morgan fingerprint density at radius 3 is 2.52 bits per heavy atom. The van der Waals surface area contributed by atoms with Crippen LogP contribution in [0, 0.1) is 11.3 Å². The molecule has 9 nitrogen and oxygen atoms in total. The molecule has 1 aromatic carbocycles. The lowest BCUT2D eigenvalue weighted by Gasteiger charge is -2.31. The van der Waals surface area contributed by atoms with Crippen LogP contribution in [0.15, 0.2) is 30.0 Å². The molecule has 1 heterocycles. The van der Waals surface area contributed by atoms with E-state index in [4.69, 9.17) is 14.2 Å². The van der Waals surface area contributed by atoms with Gasteiger partial charge in [0.1, 0.15) is 11.6 Å². The fourth-order valence-electron chi connectivity index (χ4n) is 2.91. The van der Waals surface area contributed by atoms with Gasteiger partial charge in [-0.1, -0.05) is 0 Å². The minimum atomic E-state index is -0.531. The van der Waals surface area contributed by atoms with Crippen LogP contribution in [-0.2, 0) is 9.53 Å². The Balaban J connectivity index is 1.92. The van der Waals surface area contributed by atoms with Gasteiger partial charge >= 0.3 is 6.09 Å². The molecule has 1 aromatic rings. The second-order valence-electron chi connectivity index (χ2n) is 6.32. The van der Waals surface area contributed by atoms with E-state index in [0.717, 1.165) is 0 Å². The highest BCUT2D eigenvalue weighted by Gasteiger charge is 2.23. The number of carbonyl (C=O) groups is 2. The number of piperidine rings is 1. The van der Waals surface area contributed by atoms with Crippen LogP contribution in [0.1, 0.15) is 19.8 Å². The summed E-state index contributed by atoms with van der Waals surface area (Å²) in [5.74, 6) is 0.479. The highest BCUT2D eigenvalue weighted by Crippen LogP contribution is 2.29. The molecule has 1 aliphatic rings. The summed E-state index contributed by atoms with van der Waals surface area (Å²) < 4.78 is 15.4. The molecule has 1 aliphatic heterocycles. The summed E-state index contributed by atoms with van der Waals surface area (Å²) in [5.41, 5.74) is 0.434. The first-order chi connectivity index (χ1) is 14.0. The molecular formula is C20H26N4O5. The van der Waals surface area contributed by atoms with Gasteiger partial charge in [0, 0.05) is 37.1 Å². The Morgan fingerprint density at radius 2 is 1.93 bits per heavy atom.